The molecule has 6 nitrogen and oxygen atoms in total. The molecule has 0 aliphatic carbocycles. The van der Waals surface area contributed by atoms with E-state index in [4.69, 9.17) is 0 Å². The van der Waals surface area contributed by atoms with Gasteiger partial charge >= 0.3 is 0 Å². The first-order chi connectivity index (χ1) is 12.0. The highest BCUT2D eigenvalue weighted by atomic mass is 32.2. The summed E-state index contributed by atoms with van der Waals surface area (Å²) in [6, 6.07) is 7.13. The number of piperidine rings is 1. The number of nitrogens with zero attached hydrogens (tertiary/aromatic N) is 2. The van der Waals surface area contributed by atoms with Gasteiger partial charge in [0.25, 0.3) is 0 Å². The molecule has 0 saturated carbocycles. The third kappa shape index (κ3) is 5.44. The van der Waals surface area contributed by atoms with Crippen LogP contribution in [0.15, 0.2) is 34.2 Å². The zero-order valence-corrected chi connectivity index (χ0v) is 16.3. The number of hydrogen-bond acceptors (Lipinski definition) is 3. The van der Waals surface area contributed by atoms with Crippen LogP contribution in [0.2, 0.25) is 0 Å². The van der Waals surface area contributed by atoms with Gasteiger partial charge in [-0.2, -0.15) is 4.31 Å². The van der Waals surface area contributed by atoms with Gasteiger partial charge < -0.3 is 10.6 Å². The van der Waals surface area contributed by atoms with Crippen molar-refractivity contribution in [3.8, 4) is 0 Å². The Bertz CT molecular complexity index is 671. The predicted molar refractivity (Wildman–Crippen MR) is 102 cm³/mol. The zero-order valence-electron chi connectivity index (χ0n) is 15.5. The van der Waals surface area contributed by atoms with Gasteiger partial charge in [-0.15, -0.1) is 0 Å². The van der Waals surface area contributed by atoms with Gasteiger partial charge in [0.1, 0.15) is 0 Å². The molecule has 1 fully saturated rings. The Morgan fingerprint density at radius 3 is 2.60 bits per heavy atom. The van der Waals surface area contributed by atoms with Gasteiger partial charge in [0, 0.05) is 33.2 Å². The second-order valence-corrected chi connectivity index (χ2v) is 8.54. The third-order valence-corrected chi connectivity index (χ3v) is 6.29. The maximum absolute atomic E-state index is 12.8. The summed E-state index contributed by atoms with van der Waals surface area (Å²) in [5, 5.41) is 6.44. The van der Waals surface area contributed by atoms with Crippen molar-refractivity contribution in [2.75, 3.05) is 26.7 Å². The largest absolute Gasteiger partial charge is 0.356 e. The van der Waals surface area contributed by atoms with Crippen LogP contribution >= 0.6 is 0 Å². The van der Waals surface area contributed by atoms with Crippen LogP contribution in [0.5, 0.6) is 0 Å². The lowest BCUT2D eigenvalue weighted by atomic mass is 10.0. The number of benzene rings is 1. The van der Waals surface area contributed by atoms with Crippen LogP contribution in [0, 0.1) is 5.92 Å². The van der Waals surface area contributed by atoms with E-state index in [0.717, 1.165) is 37.3 Å². The molecule has 2 rings (SSSR count). The number of rotatable bonds is 6. The summed E-state index contributed by atoms with van der Waals surface area (Å²) in [6.45, 7) is 6.91. The minimum absolute atomic E-state index is 0.374. The van der Waals surface area contributed by atoms with Crippen molar-refractivity contribution in [3.63, 3.8) is 0 Å². The maximum atomic E-state index is 12.8. The Morgan fingerprint density at radius 1 is 1.28 bits per heavy atom. The summed E-state index contributed by atoms with van der Waals surface area (Å²) in [4.78, 5) is 4.53. The van der Waals surface area contributed by atoms with Crippen molar-refractivity contribution in [2.24, 2.45) is 10.9 Å². The van der Waals surface area contributed by atoms with Crippen LogP contribution in [-0.4, -0.2) is 45.4 Å². The van der Waals surface area contributed by atoms with E-state index in [1.54, 1.807) is 23.5 Å². The molecule has 0 radical (unpaired) electrons. The van der Waals surface area contributed by atoms with Crippen LogP contribution in [0.3, 0.4) is 0 Å². The molecule has 1 aliphatic rings. The molecule has 1 saturated heterocycles. The van der Waals surface area contributed by atoms with Gasteiger partial charge in [0.2, 0.25) is 10.0 Å². The fraction of sp³-hybridized carbons (Fsp3) is 0.611. The van der Waals surface area contributed by atoms with Gasteiger partial charge in [0.05, 0.1) is 4.90 Å². The fourth-order valence-electron chi connectivity index (χ4n) is 2.94. The smallest absolute Gasteiger partial charge is 0.243 e. The number of sulfonamides is 1. The molecule has 25 heavy (non-hydrogen) atoms. The molecular weight excluding hydrogens is 336 g/mol. The zero-order chi connectivity index (χ0) is 18.3. The molecule has 0 bridgehead atoms. The Balaban J connectivity index is 1.99. The molecule has 140 valence electrons. The van der Waals surface area contributed by atoms with E-state index in [1.807, 2.05) is 12.1 Å². The molecule has 7 heteroatoms. The Labute approximate surface area is 151 Å². The van der Waals surface area contributed by atoms with E-state index in [1.165, 1.54) is 0 Å². The molecule has 0 aromatic heterocycles. The van der Waals surface area contributed by atoms with Crippen LogP contribution in [-0.2, 0) is 16.6 Å². The van der Waals surface area contributed by atoms with Gasteiger partial charge in [-0.3, -0.25) is 4.99 Å². The molecule has 0 amide bonds. The van der Waals surface area contributed by atoms with E-state index < -0.39 is 10.0 Å². The van der Waals surface area contributed by atoms with E-state index in [9.17, 15) is 8.42 Å². The van der Waals surface area contributed by atoms with E-state index in [-0.39, 0.29) is 0 Å². The van der Waals surface area contributed by atoms with E-state index in [0.29, 0.717) is 30.4 Å². The normalized spacial score (nSPS) is 19.6. The first-order valence-electron chi connectivity index (χ1n) is 9.01. The van der Waals surface area contributed by atoms with E-state index >= 15 is 0 Å². The lowest BCUT2D eigenvalue weighted by Crippen LogP contribution is -2.39. The minimum atomic E-state index is -3.38. The molecule has 1 heterocycles. The second kappa shape index (κ2) is 9.20. The summed E-state index contributed by atoms with van der Waals surface area (Å²) in [5.41, 5.74) is 1.02. The molecule has 1 aliphatic heterocycles. The minimum Gasteiger partial charge on any atom is -0.356 e. The lowest BCUT2D eigenvalue weighted by molar-refractivity contribution is 0.281. The second-order valence-electron chi connectivity index (χ2n) is 6.61. The fourth-order valence-corrected chi connectivity index (χ4v) is 4.54. The number of nitrogens with one attached hydrogen (secondary N) is 2. The third-order valence-electron chi connectivity index (χ3n) is 4.41. The summed E-state index contributed by atoms with van der Waals surface area (Å²) < 4.78 is 27.1. The Morgan fingerprint density at radius 2 is 2.00 bits per heavy atom. The van der Waals surface area contributed by atoms with Crippen molar-refractivity contribution >= 4 is 16.0 Å². The highest BCUT2D eigenvalue weighted by molar-refractivity contribution is 7.89. The van der Waals surface area contributed by atoms with Crippen molar-refractivity contribution in [1.82, 2.24) is 14.9 Å². The molecule has 1 atom stereocenters. The van der Waals surface area contributed by atoms with Crippen LogP contribution in [0.1, 0.15) is 38.7 Å². The average molecular weight is 367 g/mol. The summed E-state index contributed by atoms with van der Waals surface area (Å²) in [6.07, 6.45) is 3.07. The van der Waals surface area contributed by atoms with Gasteiger partial charge in [-0.25, -0.2) is 8.42 Å². The van der Waals surface area contributed by atoms with Crippen molar-refractivity contribution in [2.45, 2.75) is 44.6 Å². The first kappa shape index (κ1) is 19.7. The molecule has 1 aromatic rings. The summed E-state index contributed by atoms with van der Waals surface area (Å²) >= 11 is 0. The summed E-state index contributed by atoms with van der Waals surface area (Å²) in [7, 11) is -1.65. The molecule has 0 spiro atoms. The SMILES string of the molecule is CCCNC(=NC)NCc1ccc(S(=O)(=O)N2CCCC(C)C2)cc1. The number of guanidine groups is 1. The molecule has 1 aromatic carbocycles. The summed E-state index contributed by atoms with van der Waals surface area (Å²) in [5.74, 6) is 1.18. The van der Waals surface area contributed by atoms with Gasteiger partial charge in [0.15, 0.2) is 5.96 Å². The van der Waals surface area contributed by atoms with Crippen molar-refractivity contribution in [3.05, 3.63) is 29.8 Å². The topological polar surface area (TPSA) is 73.8 Å². The van der Waals surface area contributed by atoms with Gasteiger partial charge in [-0.05, 0) is 42.9 Å². The first-order valence-corrected chi connectivity index (χ1v) is 10.4. The highest BCUT2D eigenvalue weighted by Gasteiger charge is 2.28. The van der Waals surface area contributed by atoms with Crippen LogP contribution < -0.4 is 10.6 Å². The molecule has 2 N–H and O–H groups in total. The van der Waals surface area contributed by atoms with Gasteiger partial charge in [-0.1, -0.05) is 26.0 Å². The molecular formula is C18H30N4O2S. The molecule has 1 unspecified atom stereocenters. The average Bonchev–Trinajstić information content (AvgIpc) is 2.62. The Kier molecular flexibility index (Phi) is 7.25. The Hall–Kier alpha value is -1.60. The lowest BCUT2D eigenvalue weighted by Gasteiger charge is -2.30. The number of hydrogen-bond donors (Lipinski definition) is 2. The predicted octanol–water partition coefficient (Wildman–Crippen LogP) is 2.18. The van der Waals surface area contributed by atoms with E-state index in [2.05, 4.69) is 29.5 Å². The maximum Gasteiger partial charge on any atom is 0.243 e. The standard InChI is InChI=1S/C18H30N4O2S/c1-4-11-20-18(19-3)21-13-16-7-9-17(10-8-16)25(23,24)22-12-5-6-15(2)14-22/h7-10,15H,4-6,11-14H2,1-3H3,(H2,19,20,21). The highest BCUT2D eigenvalue weighted by Crippen LogP contribution is 2.23. The number of aliphatic imine (C=N–C) groups is 1. The quantitative estimate of drug-likeness (QED) is 0.598. The monoisotopic (exact) mass is 366 g/mol. The van der Waals surface area contributed by atoms with Crippen LogP contribution in [0.4, 0.5) is 0 Å². The van der Waals surface area contributed by atoms with Crippen molar-refractivity contribution in [1.29, 1.82) is 0 Å². The van der Waals surface area contributed by atoms with Crippen molar-refractivity contribution < 1.29 is 8.42 Å². The van der Waals surface area contributed by atoms with Crippen LogP contribution in [0.25, 0.3) is 0 Å².